The zero-order valence-corrected chi connectivity index (χ0v) is 16.5. The number of halogens is 2. The van der Waals surface area contributed by atoms with Crippen molar-refractivity contribution in [3.63, 3.8) is 0 Å². The Balaban J connectivity index is 1.56. The Hall–Kier alpha value is -2.31. The summed E-state index contributed by atoms with van der Waals surface area (Å²) in [6, 6.07) is 15.1. The maximum atomic E-state index is 12.3. The highest BCUT2D eigenvalue weighted by Gasteiger charge is 2.11. The maximum absolute atomic E-state index is 12.3. The number of aromatic nitrogens is 2. The van der Waals surface area contributed by atoms with E-state index in [1.807, 2.05) is 54.7 Å². The number of nitrogens with zero attached hydrogens (tertiary/aromatic N) is 3. The summed E-state index contributed by atoms with van der Waals surface area (Å²) in [5.41, 5.74) is 2.89. The zero-order chi connectivity index (χ0) is 18.5. The van der Waals surface area contributed by atoms with Gasteiger partial charge in [0.2, 0.25) is 0 Å². The molecular weight excluding hydrogens is 416 g/mol. The number of urea groups is 1. The van der Waals surface area contributed by atoms with E-state index in [4.69, 9.17) is 11.6 Å². The predicted octanol–water partition coefficient (Wildman–Crippen LogP) is 4.63. The number of carbonyl (C=O) groups is 1. The monoisotopic (exact) mass is 432 g/mol. The van der Waals surface area contributed by atoms with Crippen LogP contribution in [-0.2, 0) is 13.1 Å². The van der Waals surface area contributed by atoms with Crippen LogP contribution in [-0.4, -0.2) is 27.8 Å². The van der Waals surface area contributed by atoms with Gasteiger partial charge in [0.15, 0.2) is 0 Å². The Kier molecular flexibility index (Phi) is 5.96. The standard InChI is InChI=1S/C19H18BrClN4O/c1-24(13-15-4-2-3-5-18(15)20)19(26)22-10-14-11-23-25(12-14)17-8-6-16(21)7-9-17/h2-9,11-12H,10,13H2,1H3,(H,22,26). The van der Waals surface area contributed by atoms with Gasteiger partial charge in [0, 0.05) is 41.4 Å². The lowest BCUT2D eigenvalue weighted by atomic mass is 10.2. The van der Waals surface area contributed by atoms with Gasteiger partial charge < -0.3 is 10.2 Å². The highest BCUT2D eigenvalue weighted by molar-refractivity contribution is 9.10. The van der Waals surface area contributed by atoms with E-state index in [0.29, 0.717) is 18.1 Å². The van der Waals surface area contributed by atoms with Gasteiger partial charge in [-0.05, 0) is 35.9 Å². The molecule has 0 aliphatic heterocycles. The lowest BCUT2D eigenvalue weighted by Gasteiger charge is -2.18. The van der Waals surface area contributed by atoms with Gasteiger partial charge in [0.05, 0.1) is 11.9 Å². The number of benzene rings is 2. The molecule has 3 rings (SSSR count). The van der Waals surface area contributed by atoms with Crippen LogP contribution in [0.2, 0.25) is 5.02 Å². The van der Waals surface area contributed by atoms with Crippen molar-refractivity contribution in [3.05, 3.63) is 81.5 Å². The van der Waals surface area contributed by atoms with Crippen LogP contribution in [0.4, 0.5) is 4.79 Å². The molecule has 0 spiro atoms. The van der Waals surface area contributed by atoms with Crippen molar-refractivity contribution in [2.75, 3.05) is 7.05 Å². The van der Waals surface area contributed by atoms with Gasteiger partial charge in [-0.2, -0.15) is 5.10 Å². The average molecular weight is 434 g/mol. The molecule has 2 aromatic carbocycles. The van der Waals surface area contributed by atoms with E-state index in [0.717, 1.165) is 21.3 Å². The van der Waals surface area contributed by atoms with E-state index in [1.54, 1.807) is 22.8 Å². The third-order valence-electron chi connectivity index (χ3n) is 3.88. The smallest absolute Gasteiger partial charge is 0.317 e. The first-order chi connectivity index (χ1) is 12.5. The van der Waals surface area contributed by atoms with Gasteiger partial charge >= 0.3 is 6.03 Å². The Bertz CT molecular complexity index is 895. The Morgan fingerprint density at radius 1 is 1.23 bits per heavy atom. The van der Waals surface area contributed by atoms with Crippen LogP contribution >= 0.6 is 27.5 Å². The summed E-state index contributed by atoms with van der Waals surface area (Å²) < 4.78 is 2.74. The molecule has 0 atom stereocenters. The number of carbonyl (C=O) groups excluding carboxylic acids is 1. The van der Waals surface area contributed by atoms with Crippen LogP contribution in [0.5, 0.6) is 0 Å². The second kappa shape index (κ2) is 8.38. The minimum Gasteiger partial charge on any atom is -0.334 e. The van der Waals surface area contributed by atoms with Gasteiger partial charge in [-0.25, -0.2) is 9.48 Å². The molecule has 1 aromatic heterocycles. The SMILES string of the molecule is CN(Cc1ccccc1Br)C(=O)NCc1cnn(-c2ccc(Cl)cc2)c1. The second-order valence-electron chi connectivity index (χ2n) is 5.88. The van der Waals surface area contributed by atoms with Crippen LogP contribution in [0, 0.1) is 0 Å². The third kappa shape index (κ3) is 4.65. The molecule has 1 heterocycles. The first-order valence-electron chi connectivity index (χ1n) is 8.05. The highest BCUT2D eigenvalue weighted by atomic mass is 79.9. The van der Waals surface area contributed by atoms with Gasteiger partial charge in [-0.1, -0.05) is 45.7 Å². The number of nitrogens with one attached hydrogen (secondary N) is 1. The molecule has 0 fully saturated rings. The zero-order valence-electron chi connectivity index (χ0n) is 14.2. The third-order valence-corrected chi connectivity index (χ3v) is 4.91. The molecule has 7 heteroatoms. The topological polar surface area (TPSA) is 50.2 Å². The van der Waals surface area contributed by atoms with Crippen LogP contribution in [0.15, 0.2) is 65.4 Å². The summed E-state index contributed by atoms with van der Waals surface area (Å²) in [5.74, 6) is 0. The van der Waals surface area contributed by atoms with Crippen LogP contribution in [0.3, 0.4) is 0 Å². The van der Waals surface area contributed by atoms with Gasteiger partial charge in [0.25, 0.3) is 0 Å². The largest absolute Gasteiger partial charge is 0.334 e. The van der Waals surface area contributed by atoms with Crippen molar-refractivity contribution in [1.29, 1.82) is 0 Å². The predicted molar refractivity (Wildman–Crippen MR) is 106 cm³/mol. The average Bonchev–Trinajstić information content (AvgIpc) is 3.11. The molecule has 0 radical (unpaired) electrons. The van der Waals surface area contributed by atoms with Gasteiger partial charge in [0.1, 0.15) is 0 Å². The lowest BCUT2D eigenvalue weighted by molar-refractivity contribution is 0.206. The summed E-state index contributed by atoms with van der Waals surface area (Å²) in [5, 5.41) is 7.91. The molecule has 2 amide bonds. The Morgan fingerprint density at radius 2 is 1.96 bits per heavy atom. The number of hydrogen-bond acceptors (Lipinski definition) is 2. The normalized spacial score (nSPS) is 10.6. The van der Waals surface area contributed by atoms with E-state index < -0.39 is 0 Å². The summed E-state index contributed by atoms with van der Waals surface area (Å²) in [6.07, 6.45) is 3.62. The van der Waals surface area contributed by atoms with Crippen molar-refractivity contribution in [1.82, 2.24) is 20.0 Å². The number of hydrogen-bond donors (Lipinski definition) is 1. The van der Waals surface area contributed by atoms with Crippen molar-refractivity contribution in [2.24, 2.45) is 0 Å². The number of amides is 2. The quantitative estimate of drug-likeness (QED) is 0.638. The Labute approximate surface area is 165 Å². The van der Waals surface area contributed by atoms with Crippen molar-refractivity contribution >= 4 is 33.6 Å². The van der Waals surface area contributed by atoms with E-state index in [2.05, 4.69) is 26.3 Å². The summed E-state index contributed by atoms with van der Waals surface area (Å²) >= 11 is 9.40. The fraction of sp³-hybridized carbons (Fsp3) is 0.158. The first kappa shape index (κ1) is 18.5. The Morgan fingerprint density at radius 3 is 2.69 bits per heavy atom. The molecule has 0 saturated carbocycles. The highest BCUT2D eigenvalue weighted by Crippen LogP contribution is 2.17. The van der Waals surface area contributed by atoms with Gasteiger partial charge in [-0.15, -0.1) is 0 Å². The molecule has 134 valence electrons. The fourth-order valence-corrected chi connectivity index (χ4v) is 2.99. The second-order valence-corrected chi connectivity index (χ2v) is 7.17. The summed E-state index contributed by atoms with van der Waals surface area (Å²) in [7, 11) is 1.77. The minimum atomic E-state index is -0.139. The van der Waals surface area contributed by atoms with Crippen molar-refractivity contribution in [3.8, 4) is 5.69 Å². The summed E-state index contributed by atoms with van der Waals surface area (Å²) in [4.78, 5) is 13.9. The van der Waals surface area contributed by atoms with Crippen LogP contribution in [0.1, 0.15) is 11.1 Å². The molecule has 0 aliphatic rings. The molecule has 0 saturated heterocycles. The molecule has 0 bridgehead atoms. The lowest BCUT2D eigenvalue weighted by Crippen LogP contribution is -2.36. The molecule has 3 aromatic rings. The molecule has 26 heavy (non-hydrogen) atoms. The van der Waals surface area contributed by atoms with Crippen molar-refractivity contribution in [2.45, 2.75) is 13.1 Å². The van der Waals surface area contributed by atoms with Gasteiger partial charge in [-0.3, -0.25) is 0 Å². The van der Waals surface area contributed by atoms with E-state index in [-0.39, 0.29) is 6.03 Å². The maximum Gasteiger partial charge on any atom is 0.317 e. The molecule has 0 aliphatic carbocycles. The van der Waals surface area contributed by atoms with E-state index >= 15 is 0 Å². The van der Waals surface area contributed by atoms with Crippen LogP contribution in [0.25, 0.3) is 5.69 Å². The molecule has 1 N–H and O–H groups in total. The number of rotatable bonds is 5. The fourth-order valence-electron chi connectivity index (χ4n) is 2.45. The van der Waals surface area contributed by atoms with E-state index in [1.165, 1.54) is 0 Å². The summed E-state index contributed by atoms with van der Waals surface area (Å²) in [6.45, 7) is 0.935. The van der Waals surface area contributed by atoms with E-state index in [9.17, 15) is 4.79 Å². The molecule has 5 nitrogen and oxygen atoms in total. The molecular formula is C19H18BrClN4O. The van der Waals surface area contributed by atoms with Crippen molar-refractivity contribution < 1.29 is 4.79 Å². The van der Waals surface area contributed by atoms with Crippen LogP contribution < -0.4 is 5.32 Å². The molecule has 0 unspecified atom stereocenters. The minimum absolute atomic E-state index is 0.139. The first-order valence-corrected chi connectivity index (χ1v) is 9.22.